The predicted octanol–water partition coefficient (Wildman–Crippen LogP) is 6.78. The molecule has 0 saturated heterocycles. The number of carbonyl (C=O) groups is 2. The lowest BCUT2D eigenvalue weighted by molar-refractivity contribution is -0.239. The molecule has 0 heterocycles. The summed E-state index contributed by atoms with van der Waals surface area (Å²) in [6.45, 7) is 17.8. The number of ether oxygens (including phenoxy) is 1. The summed E-state index contributed by atoms with van der Waals surface area (Å²) in [7, 11) is 0. The van der Waals surface area contributed by atoms with E-state index in [1.54, 1.807) is 0 Å². The standard InChI is InChI=1S/C32H50O5/c1-19(33)37-25-22(34)18-29(6)23(28(25,4)5)11-12-31(8)24(29)10-9-20-21-17-27(2,3)13-15-32(21,26(35)36)16-14-30(20,31)7/h9,21-25,34H,10-18H2,1-8H3,(H,35,36)/t21-,22+,23+,24-,25-,29-,30+,31+,32-/m0/s1. The third-order valence-corrected chi connectivity index (χ3v) is 13.3. The third-order valence-electron chi connectivity index (χ3n) is 13.3. The smallest absolute Gasteiger partial charge is 0.310 e. The van der Waals surface area contributed by atoms with Crippen molar-refractivity contribution in [1.29, 1.82) is 0 Å². The van der Waals surface area contributed by atoms with Gasteiger partial charge in [-0.15, -0.1) is 0 Å². The Morgan fingerprint density at radius 2 is 1.57 bits per heavy atom. The minimum Gasteiger partial charge on any atom is -0.481 e. The zero-order chi connectivity index (χ0) is 27.4. The highest BCUT2D eigenvalue weighted by Crippen LogP contribution is 2.75. The lowest BCUT2D eigenvalue weighted by Crippen LogP contribution is -2.67. The number of carboxylic acid groups (broad SMARTS) is 1. The first kappa shape index (κ1) is 27.2. The number of esters is 1. The molecule has 0 spiro atoms. The van der Waals surface area contributed by atoms with Crippen molar-refractivity contribution in [1.82, 2.24) is 0 Å². The fraction of sp³-hybridized carbons (Fsp3) is 0.875. The van der Waals surface area contributed by atoms with E-state index in [1.165, 1.54) is 12.5 Å². The second-order valence-corrected chi connectivity index (χ2v) is 15.8. The average molecular weight is 515 g/mol. The molecule has 0 aromatic carbocycles. The molecule has 5 heteroatoms. The zero-order valence-electron chi connectivity index (χ0n) is 24.4. The second kappa shape index (κ2) is 8.08. The monoisotopic (exact) mass is 514 g/mol. The van der Waals surface area contributed by atoms with E-state index in [2.05, 4.69) is 54.5 Å². The lowest BCUT2D eigenvalue weighted by atomic mass is 9.33. The van der Waals surface area contributed by atoms with Crippen LogP contribution in [0.1, 0.15) is 113 Å². The van der Waals surface area contributed by atoms with Crippen LogP contribution in [0.25, 0.3) is 0 Å². The van der Waals surface area contributed by atoms with Crippen molar-refractivity contribution in [2.75, 3.05) is 0 Å². The summed E-state index contributed by atoms with van der Waals surface area (Å²) in [5, 5.41) is 21.9. The van der Waals surface area contributed by atoms with Crippen molar-refractivity contribution in [2.45, 2.75) is 125 Å². The Balaban J connectivity index is 1.57. The molecule has 0 unspecified atom stereocenters. The van der Waals surface area contributed by atoms with Crippen molar-refractivity contribution in [2.24, 2.45) is 50.2 Å². The van der Waals surface area contributed by atoms with Crippen molar-refractivity contribution in [3.63, 3.8) is 0 Å². The quantitative estimate of drug-likeness (QED) is 0.314. The summed E-state index contributed by atoms with van der Waals surface area (Å²) in [4.78, 5) is 24.7. The molecule has 37 heavy (non-hydrogen) atoms. The molecule has 0 bridgehead atoms. The van der Waals surface area contributed by atoms with Crippen molar-refractivity contribution < 1.29 is 24.5 Å². The van der Waals surface area contributed by atoms with Gasteiger partial charge < -0.3 is 14.9 Å². The molecule has 4 saturated carbocycles. The van der Waals surface area contributed by atoms with E-state index >= 15 is 0 Å². The maximum Gasteiger partial charge on any atom is 0.310 e. The summed E-state index contributed by atoms with van der Waals surface area (Å²) in [6.07, 6.45) is 9.46. The van der Waals surface area contributed by atoms with Crippen LogP contribution in [0.15, 0.2) is 11.6 Å². The molecule has 208 valence electrons. The summed E-state index contributed by atoms with van der Waals surface area (Å²) in [6, 6.07) is 0. The minimum absolute atomic E-state index is 0.0389. The maximum absolute atomic E-state index is 12.8. The molecule has 0 aromatic heterocycles. The summed E-state index contributed by atoms with van der Waals surface area (Å²) in [5.74, 6) is -0.0583. The molecule has 0 aromatic rings. The summed E-state index contributed by atoms with van der Waals surface area (Å²) in [5.41, 5.74) is 0.580. The van der Waals surface area contributed by atoms with Gasteiger partial charge in [-0.2, -0.15) is 0 Å². The van der Waals surface area contributed by atoms with E-state index < -0.39 is 23.6 Å². The number of aliphatic hydroxyl groups excluding tert-OH is 1. The number of rotatable bonds is 2. The van der Waals surface area contributed by atoms with Crippen molar-refractivity contribution in [3.8, 4) is 0 Å². The number of aliphatic carboxylic acids is 1. The van der Waals surface area contributed by atoms with Crippen LogP contribution in [0.2, 0.25) is 0 Å². The van der Waals surface area contributed by atoms with Gasteiger partial charge in [-0.1, -0.05) is 60.1 Å². The van der Waals surface area contributed by atoms with Gasteiger partial charge in [0.15, 0.2) is 0 Å². The fourth-order valence-corrected chi connectivity index (χ4v) is 11.2. The molecule has 5 nitrogen and oxygen atoms in total. The van der Waals surface area contributed by atoms with E-state index in [0.717, 1.165) is 51.4 Å². The van der Waals surface area contributed by atoms with Gasteiger partial charge in [-0.25, -0.2) is 0 Å². The van der Waals surface area contributed by atoms with Crippen LogP contribution in [0.4, 0.5) is 0 Å². The minimum atomic E-state index is -0.675. The molecule has 2 N–H and O–H groups in total. The number of hydrogen-bond acceptors (Lipinski definition) is 4. The summed E-state index contributed by atoms with van der Waals surface area (Å²) >= 11 is 0. The molecule has 0 aliphatic heterocycles. The Morgan fingerprint density at radius 1 is 0.919 bits per heavy atom. The second-order valence-electron chi connectivity index (χ2n) is 15.8. The molecule has 0 radical (unpaired) electrons. The van der Waals surface area contributed by atoms with Gasteiger partial charge in [0, 0.05) is 12.3 Å². The van der Waals surface area contributed by atoms with Gasteiger partial charge in [0.2, 0.25) is 0 Å². The van der Waals surface area contributed by atoms with Gasteiger partial charge >= 0.3 is 11.9 Å². The number of carbonyl (C=O) groups excluding carboxylic acids is 1. The number of carboxylic acids is 1. The number of allylic oxidation sites excluding steroid dienone is 2. The van der Waals surface area contributed by atoms with E-state index in [0.29, 0.717) is 18.3 Å². The van der Waals surface area contributed by atoms with Crippen molar-refractivity contribution >= 4 is 11.9 Å². The van der Waals surface area contributed by atoms with Gasteiger partial charge in [0.25, 0.3) is 0 Å². The SMILES string of the molecule is CC(=O)O[C@H]1[C@H](O)C[C@@]2(C)[C@H](CC[C@]3(C)[C@H]2CC=C2[C@@H]4CC(C)(C)CC[C@]4(C(=O)O)CC[C@]23C)C1(C)C. The molecular formula is C32H50O5. The number of hydrogen-bond donors (Lipinski definition) is 2. The Hall–Kier alpha value is -1.36. The Labute approximate surface area is 223 Å². The Kier molecular flexibility index (Phi) is 5.95. The largest absolute Gasteiger partial charge is 0.481 e. The molecular weight excluding hydrogens is 464 g/mol. The van der Waals surface area contributed by atoms with Crippen LogP contribution in [-0.4, -0.2) is 34.4 Å². The van der Waals surface area contributed by atoms with Gasteiger partial charge in [-0.3, -0.25) is 9.59 Å². The Bertz CT molecular complexity index is 1030. The molecule has 5 rings (SSSR count). The first-order valence-electron chi connectivity index (χ1n) is 14.7. The highest BCUT2D eigenvalue weighted by Gasteiger charge is 2.70. The summed E-state index contributed by atoms with van der Waals surface area (Å²) < 4.78 is 5.74. The third kappa shape index (κ3) is 3.50. The van der Waals surface area contributed by atoms with Crippen LogP contribution in [0, 0.1) is 50.2 Å². The Morgan fingerprint density at radius 3 is 2.19 bits per heavy atom. The fourth-order valence-electron chi connectivity index (χ4n) is 11.2. The van der Waals surface area contributed by atoms with Gasteiger partial charge in [0.1, 0.15) is 6.10 Å². The first-order chi connectivity index (χ1) is 16.9. The van der Waals surface area contributed by atoms with Crippen molar-refractivity contribution in [3.05, 3.63) is 11.6 Å². The van der Waals surface area contributed by atoms with Crippen LogP contribution >= 0.6 is 0 Å². The highest BCUT2D eigenvalue weighted by atomic mass is 16.6. The predicted molar refractivity (Wildman–Crippen MR) is 144 cm³/mol. The topological polar surface area (TPSA) is 83.8 Å². The van der Waals surface area contributed by atoms with Crippen LogP contribution in [-0.2, 0) is 14.3 Å². The van der Waals surface area contributed by atoms with Crippen LogP contribution in [0.5, 0.6) is 0 Å². The molecule has 9 atom stereocenters. The lowest BCUT2D eigenvalue weighted by Gasteiger charge is -2.71. The van der Waals surface area contributed by atoms with E-state index in [9.17, 15) is 19.8 Å². The van der Waals surface area contributed by atoms with E-state index in [4.69, 9.17) is 4.74 Å². The van der Waals surface area contributed by atoms with Crippen LogP contribution in [0.3, 0.4) is 0 Å². The van der Waals surface area contributed by atoms with Gasteiger partial charge in [0.05, 0.1) is 11.5 Å². The molecule has 0 amide bonds. The highest BCUT2D eigenvalue weighted by molar-refractivity contribution is 5.76. The normalized spacial score (nSPS) is 49.9. The van der Waals surface area contributed by atoms with Crippen LogP contribution < -0.4 is 0 Å². The number of aliphatic hydroxyl groups is 1. The first-order valence-corrected chi connectivity index (χ1v) is 14.7. The molecule has 4 fully saturated rings. The average Bonchev–Trinajstić information content (AvgIpc) is 2.76. The zero-order valence-corrected chi connectivity index (χ0v) is 24.4. The maximum atomic E-state index is 12.8. The van der Waals surface area contributed by atoms with Gasteiger partial charge in [-0.05, 0) is 97.2 Å². The molecule has 5 aliphatic carbocycles. The number of fused-ring (bicyclic) bond motifs is 7. The molecule has 5 aliphatic rings. The van der Waals surface area contributed by atoms with E-state index in [1.807, 2.05) is 0 Å². The van der Waals surface area contributed by atoms with E-state index in [-0.39, 0.29) is 39.0 Å².